The Hall–Kier alpha value is -1.94. The third-order valence-electron chi connectivity index (χ3n) is 3.08. The van der Waals surface area contributed by atoms with Crippen molar-refractivity contribution in [2.24, 2.45) is 0 Å². The van der Waals surface area contributed by atoms with E-state index in [-0.39, 0.29) is 18.2 Å². The number of ether oxygens (including phenoxy) is 1. The van der Waals surface area contributed by atoms with E-state index in [0.29, 0.717) is 18.8 Å². The fourth-order valence-electron chi connectivity index (χ4n) is 2.26. The van der Waals surface area contributed by atoms with Gasteiger partial charge in [-0.15, -0.1) is 0 Å². The smallest absolute Gasteiger partial charge is 0.254 e. The monoisotopic (exact) mass is 229 g/mol. The molecule has 0 unspecified atom stereocenters. The van der Waals surface area contributed by atoms with E-state index in [0.717, 1.165) is 16.7 Å². The number of hydrogen-bond donors (Lipinski definition) is 1. The molecule has 0 radical (unpaired) electrons. The summed E-state index contributed by atoms with van der Waals surface area (Å²) in [6.45, 7) is 0.954. The van der Waals surface area contributed by atoms with Crippen LogP contribution in [-0.4, -0.2) is 18.4 Å². The highest BCUT2D eigenvalue weighted by Gasteiger charge is 2.29. The number of nitrogens with one attached hydrogen (secondary N) is 1. The minimum atomic E-state index is -0.287. The molecule has 2 aliphatic rings. The van der Waals surface area contributed by atoms with Gasteiger partial charge < -0.3 is 4.74 Å². The Labute approximate surface area is 98.3 Å². The molecule has 0 spiro atoms. The predicted molar refractivity (Wildman–Crippen MR) is 60.8 cm³/mol. The summed E-state index contributed by atoms with van der Waals surface area (Å²) in [6.07, 6.45) is 0.159. The summed E-state index contributed by atoms with van der Waals surface area (Å²) in [7, 11) is 0. The third kappa shape index (κ3) is 1.66. The van der Waals surface area contributed by atoms with E-state index >= 15 is 0 Å². The molecule has 86 valence electrons. The van der Waals surface area contributed by atoms with Gasteiger partial charge in [0.25, 0.3) is 5.91 Å². The maximum absolute atomic E-state index is 11.6. The number of carbonyl (C=O) groups excluding carboxylic acids is 2. The molecule has 4 nitrogen and oxygen atoms in total. The summed E-state index contributed by atoms with van der Waals surface area (Å²) >= 11 is 0. The highest BCUT2D eigenvalue weighted by atomic mass is 16.5. The Balaban J connectivity index is 2.14. The van der Waals surface area contributed by atoms with Crippen molar-refractivity contribution in [2.75, 3.05) is 6.61 Å². The molecule has 0 atom stereocenters. The number of fused-ring (bicyclic) bond motifs is 1. The maximum Gasteiger partial charge on any atom is 0.254 e. The van der Waals surface area contributed by atoms with Crippen molar-refractivity contribution < 1.29 is 14.3 Å². The lowest BCUT2D eigenvalue weighted by Crippen LogP contribution is -2.20. The molecule has 0 aromatic heterocycles. The molecule has 17 heavy (non-hydrogen) atoms. The van der Waals surface area contributed by atoms with Crippen LogP contribution < -0.4 is 5.32 Å². The number of benzene rings is 1. The van der Waals surface area contributed by atoms with Gasteiger partial charge in [-0.2, -0.15) is 0 Å². The van der Waals surface area contributed by atoms with E-state index in [4.69, 9.17) is 4.74 Å². The number of carbonyl (C=O) groups is 2. The summed E-state index contributed by atoms with van der Waals surface area (Å²) in [4.78, 5) is 22.9. The van der Waals surface area contributed by atoms with Crippen LogP contribution in [0.4, 0.5) is 0 Å². The van der Waals surface area contributed by atoms with E-state index in [9.17, 15) is 9.59 Å². The number of amides is 2. The molecular weight excluding hydrogens is 218 g/mol. The first-order valence-electron chi connectivity index (χ1n) is 5.48. The van der Waals surface area contributed by atoms with Crippen LogP contribution in [0.1, 0.15) is 17.5 Å². The Kier molecular flexibility index (Phi) is 2.30. The maximum atomic E-state index is 11.6. The van der Waals surface area contributed by atoms with Gasteiger partial charge in [0.2, 0.25) is 5.91 Å². The second-order valence-corrected chi connectivity index (χ2v) is 4.16. The molecule has 2 heterocycles. The minimum absolute atomic E-state index is 0.159. The first kappa shape index (κ1) is 10.2. The molecule has 0 bridgehead atoms. The largest absolute Gasteiger partial charge is 0.372 e. The Bertz CT molecular complexity index is 545. The molecule has 1 aromatic carbocycles. The molecular formula is C13H11NO3. The minimum Gasteiger partial charge on any atom is -0.372 e. The number of rotatable bonds is 0. The van der Waals surface area contributed by atoms with Crippen LogP contribution >= 0.6 is 0 Å². The lowest BCUT2D eigenvalue weighted by atomic mass is 9.93. The van der Waals surface area contributed by atoms with Gasteiger partial charge >= 0.3 is 0 Å². The Morgan fingerprint density at radius 3 is 2.65 bits per heavy atom. The summed E-state index contributed by atoms with van der Waals surface area (Å²) in [5.41, 5.74) is 3.48. The van der Waals surface area contributed by atoms with E-state index < -0.39 is 0 Å². The van der Waals surface area contributed by atoms with Gasteiger partial charge in [0.05, 0.1) is 19.6 Å². The Morgan fingerprint density at radius 2 is 1.88 bits per heavy atom. The van der Waals surface area contributed by atoms with Gasteiger partial charge in [0.1, 0.15) is 0 Å². The SMILES string of the molecule is O=C1C/C(=C2/COCc3ccccc32)C(=O)N1. The molecule has 3 rings (SSSR count). The Morgan fingerprint density at radius 1 is 1.06 bits per heavy atom. The molecule has 1 aromatic rings. The van der Waals surface area contributed by atoms with Crippen molar-refractivity contribution in [3.8, 4) is 0 Å². The summed E-state index contributed by atoms with van der Waals surface area (Å²) in [5.74, 6) is -0.522. The molecule has 4 heteroatoms. The molecule has 1 fully saturated rings. The van der Waals surface area contributed by atoms with Gasteiger partial charge in [-0.25, -0.2) is 0 Å². The van der Waals surface area contributed by atoms with Crippen molar-refractivity contribution >= 4 is 17.4 Å². The molecule has 1 saturated heterocycles. The van der Waals surface area contributed by atoms with Crippen molar-refractivity contribution in [1.29, 1.82) is 0 Å². The average molecular weight is 229 g/mol. The van der Waals surface area contributed by atoms with Crippen molar-refractivity contribution in [3.05, 3.63) is 41.0 Å². The average Bonchev–Trinajstić information content (AvgIpc) is 2.68. The summed E-state index contributed by atoms with van der Waals surface area (Å²) in [5, 5.41) is 2.30. The van der Waals surface area contributed by atoms with E-state index in [1.807, 2.05) is 24.3 Å². The highest BCUT2D eigenvalue weighted by molar-refractivity contribution is 6.17. The van der Waals surface area contributed by atoms with Crippen molar-refractivity contribution in [2.45, 2.75) is 13.0 Å². The molecule has 2 amide bonds. The van der Waals surface area contributed by atoms with Gasteiger partial charge in [-0.1, -0.05) is 24.3 Å². The highest BCUT2D eigenvalue weighted by Crippen LogP contribution is 2.30. The van der Waals surface area contributed by atoms with Crippen molar-refractivity contribution in [3.63, 3.8) is 0 Å². The fraction of sp³-hybridized carbons (Fsp3) is 0.231. The predicted octanol–water partition coefficient (Wildman–Crippen LogP) is 1.02. The molecule has 2 aliphatic heterocycles. The third-order valence-corrected chi connectivity index (χ3v) is 3.08. The molecule has 0 aliphatic carbocycles. The molecule has 0 saturated carbocycles. The zero-order valence-electron chi connectivity index (χ0n) is 9.16. The lowest BCUT2D eigenvalue weighted by Gasteiger charge is -2.20. The quantitative estimate of drug-likeness (QED) is 0.533. The van der Waals surface area contributed by atoms with Crippen LogP contribution in [0.25, 0.3) is 5.57 Å². The second-order valence-electron chi connectivity index (χ2n) is 4.16. The van der Waals surface area contributed by atoms with E-state index in [1.54, 1.807) is 0 Å². The van der Waals surface area contributed by atoms with Crippen LogP contribution in [0.5, 0.6) is 0 Å². The zero-order valence-corrected chi connectivity index (χ0v) is 9.16. The van der Waals surface area contributed by atoms with Crippen LogP contribution in [0.15, 0.2) is 29.8 Å². The summed E-state index contributed by atoms with van der Waals surface area (Å²) in [6, 6.07) is 7.81. The van der Waals surface area contributed by atoms with Gasteiger partial charge in [0.15, 0.2) is 0 Å². The summed E-state index contributed by atoms with van der Waals surface area (Å²) < 4.78 is 5.46. The van der Waals surface area contributed by atoms with E-state index in [1.165, 1.54) is 0 Å². The van der Waals surface area contributed by atoms with Gasteiger partial charge in [-0.05, 0) is 16.7 Å². The first-order valence-corrected chi connectivity index (χ1v) is 5.48. The van der Waals surface area contributed by atoms with Crippen molar-refractivity contribution in [1.82, 2.24) is 5.32 Å². The first-order chi connectivity index (χ1) is 8.25. The van der Waals surface area contributed by atoms with Crippen LogP contribution in [0.2, 0.25) is 0 Å². The normalized spacial score (nSPS) is 23.5. The second kappa shape index (κ2) is 3.82. The lowest BCUT2D eigenvalue weighted by molar-refractivity contribution is -0.124. The van der Waals surface area contributed by atoms with E-state index in [2.05, 4.69) is 5.32 Å². The standard InChI is InChI=1S/C13H11NO3/c15-12-5-10(13(16)14-12)11-7-17-6-8-3-1-2-4-9(8)11/h1-4H,5-7H2,(H,14,15,16)/b11-10+. The topological polar surface area (TPSA) is 55.4 Å². The molecule has 1 N–H and O–H groups in total. The van der Waals surface area contributed by atoms with Gasteiger partial charge in [-0.3, -0.25) is 14.9 Å². The fourth-order valence-corrected chi connectivity index (χ4v) is 2.26. The number of hydrogen-bond acceptors (Lipinski definition) is 3. The number of imide groups is 1. The van der Waals surface area contributed by atoms with Gasteiger partial charge in [0, 0.05) is 5.57 Å². The van der Waals surface area contributed by atoms with Crippen LogP contribution in [-0.2, 0) is 20.9 Å². The van der Waals surface area contributed by atoms with Crippen LogP contribution in [0, 0.1) is 0 Å². The van der Waals surface area contributed by atoms with Crippen LogP contribution in [0.3, 0.4) is 0 Å². The zero-order chi connectivity index (χ0) is 11.8.